The summed E-state index contributed by atoms with van der Waals surface area (Å²) in [6, 6.07) is 3.58. The Morgan fingerprint density at radius 3 is 2.40 bits per heavy atom. The molecule has 0 aliphatic heterocycles. The molecule has 0 bridgehead atoms. The normalized spacial score (nSPS) is 11.8. The molecule has 0 aliphatic carbocycles. The Bertz CT molecular complexity index is 870. The monoisotopic (exact) mass is 447 g/mol. The maximum atomic E-state index is 12.3. The summed E-state index contributed by atoms with van der Waals surface area (Å²) >= 11 is 0. The molecule has 1 aromatic rings. The highest BCUT2D eigenvalue weighted by atomic mass is 32.2. The second-order valence-corrected chi connectivity index (χ2v) is 7.55. The molecule has 0 saturated carbocycles. The van der Waals surface area contributed by atoms with Crippen LogP contribution < -0.4 is 10.0 Å². The van der Waals surface area contributed by atoms with Crippen molar-refractivity contribution < 1.29 is 42.6 Å². The number of hydrogen-bond donors (Lipinski definition) is 3. The van der Waals surface area contributed by atoms with E-state index in [0.717, 1.165) is 6.92 Å². The number of aliphatic hydroxyl groups excluding tert-OH is 1. The largest absolute Gasteiger partial charge is 0.463 e. The van der Waals surface area contributed by atoms with E-state index < -0.39 is 45.5 Å². The SMILES string of the molecule is CC(=O)NC(COC(=O)CCCO[N+](=O)[O-])C(=O)NS(=O)(=O)c1ccc(CO)cc1. The molecule has 0 radical (unpaired) electrons. The van der Waals surface area contributed by atoms with Gasteiger partial charge in [-0.15, -0.1) is 10.1 Å². The lowest BCUT2D eigenvalue weighted by molar-refractivity contribution is -0.757. The Balaban J connectivity index is 2.70. The minimum Gasteiger partial charge on any atom is -0.463 e. The molecule has 0 aliphatic rings. The molecule has 1 rings (SSSR count). The Morgan fingerprint density at radius 2 is 1.87 bits per heavy atom. The number of carbonyl (C=O) groups excluding carboxylic acids is 3. The number of rotatable bonds is 12. The number of nitrogens with zero attached hydrogens (tertiary/aromatic N) is 1. The second kappa shape index (κ2) is 11.7. The van der Waals surface area contributed by atoms with E-state index in [-0.39, 0.29) is 31.0 Å². The standard InChI is InChI=1S/C16H21N3O10S/c1-11(21)17-14(10-28-15(22)3-2-8-29-19(24)25)16(23)18-30(26,27)13-6-4-12(9-20)5-7-13/h4-7,14,20H,2-3,8-10H2,1H3,(H,17,21)(H,18,23). The third-order valence-electron chi connectivity index (χ3n) is 3.48. The van der Waals surface area contributed by atoms with E-state index in [4.69, 9.17) is 9.84 Å². The zero-order valence-corrected chi connectivity index (χ0v) is 16.7. The van der Waals surface area contributed by atoms with E-state index >= 15 is 0 Å². The molecule has 0 aromatic heterocycles. The molecular weight excluding hydrogens is 426 g/mol. The maximum Gasteiger partial charge on any atom is 0.305 e. The number of benzene rings is 1. The summed E-state index contributed by atoms with van der Waals surface area (Å²) in [5.41, 5.74) is 0.465. The highest BCUT2D eigenvalue weighted by Gasteiger charge is 2.26. The Labute approximate surface area is 171 Å². The Hall–Kier alpha value is -3.26. The van der Waals surface area contributed by atoms with Crippen LogP contribution in [0.1, 0.15) is 25.3 Å². The van der Waals surface area contributed by atoms with Crippen LogP contribution in [0.4, 0.5) is 0 Å². The van der Waals surface area contributed by atoms with Crippen LogP contribution in [-0.4, -0.2) is 55.7 Å². The molecule has 13 nitrogen and oxygen atoms in total. The van der Waals surface area contributed by atoms with Gasteiger partial charge in [0, 0.05) is 13.3 Å². The second-order valence-electron chi connectivity index (χ2n) is 5.87. The predicted molar refractivity (Wildman–Crippen MR) is 98.4 cm³/mol. The first-order valence-electron chi connectivity index (χ1n) is 8.51. The first-order valence-corrected chi connectivity index (χ1v) is 10.00. The lowest BCUT2D eigenvalue weighted by Crippen LogP contribution is -2.50. The number of esters is 1. The summed E-state index contributed by atoms with van der Waals surface area (Å²) in [7, 11) is -4.28. The van der Waals surface area contributed by atoms with E-state index in [1.165, 1.54) is 24.3 Å². The van der Waals surface area contributed by atoms with Gasteiger partial charge >= 0.3 is 5.97 Å². The average Bonchev–Trinajstić information content (AvgIpc) is 2.67. The minimum atomic E-state index is -4.28. The van der Waals surface area contributed by atoms with Crippen molar-refractivity contribution in [2.24, 2.45) is 0 Å². The fourth-order valence-electron chi connectivity index (χ4n) is 2.07. The van der Waals surface area contributed by atoms with Crippen molar-refractivity contribution in [3.63, 3.8) is 0 Å². The third-order valence-corrected chi connectivity index (χ3v) is 4.84. The van der Waals surface area contributed by atoms with Gasteiger partial charge in [0.1, 0.15) is 12.6 Å². The lowest BCUT2D eigenvalue weighted by atomic mass is 10.2. The van der Waals surface area contributed by atoms with Crippen LogP contribution in [0.5, 0.6) is 0 Å². The average molecular weight is 447 g/mol. The summed E-state index contributed by atoms with van der Waals surface area (Å²) in [5, 5.41) is 20.2. The fraction of sp³-hybridized carbons (Fsp3) is 0.438. The van der Waals surface area contributed by atoms with Crippen molar-refractivity contribution in [1.82, 2.24) is 10.0 Å². The molecule has 1 atom stereocenters. The van der Waals surface area contributed by atoms with E-state index in [2.05, 4.69) is 10.2 Å². The van der Waals surface area contributed by atoms with Gasteiger partial charge in [0.15, 0.2) is 0 Å². The number of hydrogen-bond acceptors (Lipinski definition) is 10. The molecule has 0 fully saturated rings. The van der Waals surface area contributed by atoms with Crippen molar-refractivity contribution in [2.75, 3.05) is 13.2 Å². The van der Waals surface area contributed by atoms with Gasteiger partial charge in [-0.1, -0.05) is 12.1 Å². The van der Waals surface area contributed by atoms with Gasteiger partial charge in [-0.25, -0.2) is 13.1 Å². The number of sulfonamides is 1. The smallest absolute Gasteiger partial charge is 0.305 e. The lowest BCUT2D eigenvalue weighted by Gasteiger charge is -2.17. The van der Waals surface area contributed by atoms with Crippen molar-refractivity contribution in [2.45, 2.75) is 37.3 Å². The fourth-order valence-corrected chi connectivity index (χ4v) is 3.09. The zero-order chi connectivity index (χ0) is 22.7. The van der Waals surface area contributed by atoms with Gasteiger partial charge in [-0.05, 0) is 24.1 Å². The molecule has 30 heavy (non-hydrogen) atoms. The first-order chi connectivity index (χ1) is 14.0. The summed E-state index contributed by atoms with van der Waals surface area (Å²) in [6.07, 6.45) is -0.271. The minimum absolute atomic E-state index is 0.0188. The van der Waals surface area contributed by atoms with Gasteiger partial charge in [0.25, 0.3) is 21.0 Å². The van der Waals surface area contributed by atoms with Gasteiger partial charge in [0.05, 0.1) is 18.1 Å². The number of carbonyl (C=O) groups is 3. The third kappa shape index (κ3) is 8.83. The summed E-state index contributed by atoms with van der Waals surface area (Å²) in [4.78, 5) is 49.0. The molecule has 2 amide bonds. The molecule has 1 unspecified atom stereocenters. The van der Waals surface area contributed by atoms with Crippen LogP contribution in [0.2, 0.25) is 0 Å². The van der Waals surface area contributed by atoms with Crippen LogP contribution in [-0.2, 0) is 40.6 Å². The van der Waals surface area contributed by atoms with Gasteiger partial charge < -0.3 is 20.0 Å². The number of ether oxygens (including phenoxy) is 1. The van der Waals surface area contributed by atoms with E-state index in [9.17, 15) is 32.9 Å². The number of amides is 2. The predicted octanol–water partition coefficient (Wildman–Crippen LogP) is -0.980. The molecule has 0 spiro atoms. The summed E-state index contributed by atoms with van der Waals surface area (Å²) < 4.78 is 31.2. The quantitative estimate of drug-likeness (QED) is 0.155. The molecule has 1 aromatic carbocycles. The Morgan fingerprint density at radius 1 is 1.23 bits per heavy atom. The van der Waals surface area contributed by atoms with Crippen molar-refractivity contribution in [3.05, 3.63) is 39.9 Å². The maximum absolute atomic E-state index is 12.3. The van der Waals surface area contributed by atoms with Crippen LogP contribution in [0, 0.1) is 10.1 Å². The molecule has 166 valence electrons. The van der Waals surface area contributed by atoms with Crippen LogP contribution in [0.15, 0.2) is 29.2 Å². The number of nitrogens with one attached hydrogen (secondary N) is 2. The summed E-state index contributed by atoms with van der Waals surface area (Å²) in [6.45, 7) is -0.190. The molecular formula is C16H21N3O10S. The van der Waals surface area contributed by atoms with Gasteiger partial charge in [-0.2, -0.15) is 0 Å². The van der Waals surface area contributed by atoms with Crippen molar-refractivity contribution in [1.29, 1.82) is 0 Å². The zero-order valence-electron chi connectivity index (χ0n) is 15.9. The Kier molecular flexibility index (Phi) is 9.64. The highest BCUT2D eigenvalue weighted by molar-refractivity contribution is 7.90. The van der Waals surface area contributed by atoms with E-state index in [1.54, 1.807) is 4.72 Å². The van der Waals surface area contributed by atoms with Crippen LogP contribution in [0.3, 0.4) is 0 Å². The highest BCUT2D eigenvalue weighted by Crippen LogP contribution is 2.11. The van der Waals surface area contributed by atoms with Crippen LogP contribution >= 0.6 is 0 Å². The molecule has 0 saturated heterocycles. The topological polar surface area (TPSA) is 191 Å². The molecule has 14 heteroatoms. The van der Waals surface area contributed by atoms with Crippen molar-refractivity contribution in [3.8, 4) is 0 Å². The van der Waals surface area contributed by atoms with Crippen molar-refractivity contribution >= 4 is 27.8 Å². The molecule has 0 heterocycles. The van der Waals surface area contributed by atoms with E-state index in [1.807, 2.05) is 0 Å². The van der Waals surface area contributed by atoms with E-state index in [0.29, 0.717) is 5.56 Å². The number of aliphatic hydroxyl groups is 1. The van der Waals surface area contributed by atoms with Gasteiger partial charge in [-0.3, -0.25) is 14.4 Å². The summed E-state index contributed by atoms with van der Waals surface area (Å²) in [5.74, 6) is -2.64. The van der Waals surface area contributed by atoms with Crippen LogP contribution in [0.25, 0.3) is 0 Å². The van der Waals surface area contributed by atoms with Gasteiger partial charge in [0.2, 0.25) is 5.91 Å². The first kappa shape index (κ1) is 24.8. The molecule has 3 N–H and O–H groups in total.